The van der Waals surface area contributed by atoms with Gasteiger partial charge in [0.15, 0.2) is 0 Å². The van der Waals surface area contributed by atoms with Crippen LogP contribution in [0.5, 0.6) is 5.75 Å². The standard InChI is InChI=1S/C20H25NO3/c1-4-15(2)21-20(22)17-10-11-19(23-3)18(12-17)14-24-13-16-8-6-5-7-9-16/h5-12,15H,4,13-14H2,1-3H3,(H,21,22)/t15-/m0/s1. The largest absolute Gasteiger partial charge is 0.496 e. The molecule has 0 aliphatic heterocycles. The van der Waals surface area contributed by atoms with Crippen molar-refractivity contribution in [2.45, 2.75) is 39.5 Å². The van der Waals surface area contributed by atoms with Crippen LogP contribution in [0.1, 0.15) is 41.8 Å². The highest BCUT2D eigenvalue weighted by Crippen LogP contribution is 2.21. The van der Waals surface area contributed by atoms with E-state index in [4.69, 9.17) is 9.47 Å². The zero-order chi connectivity index (χ0) is 17.4. The molecule has 0 bridgehead atoms. The van der Waals surface area contributed by atoms with Crippen LogP contribution in [-0.4, -0.2) is 19.1 Å². The molecule has 1 amide bonds. The van der Waals surface area contributed by atoms with E-state index in [0.29, 0.717) is 18.8 Å². The molecule has 2 aromatic carbocycles. The summed E-state index contributed by atoms with van der Waals surface area (Å²) in [5.74, 6) is 0.652. The van der Waals surface area contributed by atoms with Crippen molar-refractivity contribution in [2.24, 2.45) is 0 Å². The monoisotopic (exact) mass is 327 g/mol. The van der Waals surface area contributed by atoms with Gasteiger partial charge in [-0.25, -0.2) is 0 Å². The fourth-order valence-corrected chi connectivity index (χ4v) is 2.29. The van der Waals surface area contributed by atoms with Gasteiger partial charge in [-0.15, -0.1) is 0 Å². The van der Waals surface area contributed by atoms with E-state index < -0.39 is 0 Å². The number of amides is 1. The summed E-state index contributed by atoms with van der Waals surface area (Å²) < 4.78 is 11.1. The number of carbonyl (C=O) groups is 1. The lowest BCUT2D eigenvalue weighted by atomic mass is 10.1. The molecule has 1 N–H and O–H groups in total. The zero-order valence-corrected chi connectivity index (χ0v) is 14.5. The summed E-state index contributed by atoms with van der Waals surface area (Å²) in [5, 5.41) is 2.97. The van der Waals surface area contributed by atoms with Crippen molar-refractivity contribution in [1.29, 1.82) is 0 Å². The smallest absolute Gasteiger partial charge is 0.251 e. The first-order valence-corrected chi connectivity index (χ1v) is 8.23. The van der Waals surface area contributed by atoms with Gasteiger partial charge in [-0.3, -0.25) is 4.79 Å². The van der Waals surface area contributed by atoms with Crippen LogP contribution in [0.4, 0.5) is 0 Å². The van der Waals surface area contributed by atoms with Gasteiger partial charge in [-0.05, 0) is 37.1 Å². The maximum absolute atomic E-state index is 12.3. The van der Waals surface area contributed by atoms with E-state index in [-0.39, 0.29) is 11.9 Å². The molecule has 0 saturated heterocycles. The summed E-state index contributed by atoms with van der Waals surface area (Å²) in [4.78, 5) is 12.3. The molecule has 2 rings (SSSR count). The van der Waals surface area contributed by atoms with Crippen LogP contribution >= 0.6 is 0 Å². The molecule has 0 aromatic heterocycles. The Morgan fingerprint density at radius 1 is 1.12 bits per heavy atom. The van der Waals surface area contributed by atoms with Crippen molar-refractivity contribution in [3.05, 3.63) is 65.2 Å². The van der Waals surface area contributed by atoms with Gasteiger partial charge in [0, 0.05) is 17.2 Å². The van der Waals surface area contributed by atoms with Gasteiger partial charge in [0.05, 0.1) is 20.3 Å². The Bertz CT molecular complexity index is 655. The lowest BCUT2D eigenvalue weighted by Gasteiger charge is -2.14. The van der Waals surface area contributed by atoms with Crippen molar-refractivity contribution < 1.29 is 14.3 Å². The van der Waals surface area contributed by atoms with E-state index in [1.54, 1.807) is 13.2 Å². The quantitative estimate of drug-likeness (QED) is 0.799. The number of carbonyl (C=O) groups excluding carboxylic acids is 1. The Balaban J connectivity index is 2.04. The average molecular weight is 327 g/mol. The number of hydrogen-bond donors (Lipinski definition) is 1. The van der Waals surface area contributed by atoms with E-state index in [2.05, 4.69) is 5.32 Å². The number of hydrogen-bond acceptors (Lipinski definition) is 3. The van der Waals surface area contributed by atoms with Gasteiger partial charge < -0.3 is 14.8 Å². The molecule has 0 aliphatic carbocycles. The van der Waals surface area contributed by atoms with E-state index >= 15 is 0 Å². The zero-order valence-electron chi connectivity index (χ0n) is 14.5. The predicted molar refractivity (Wildman–Crippen MR) is 95.1 cm³/mol. The molecule has 1 atom stereocenters. The molecule has 0 unspecified atom stereocenters. The molecule has 0 fully saturated rings. The van der Waals surface area contributed by atoms with Crippen molar-refractivity contribution in [1.82, 2.24) is 5.32 Å². The predicted octanol–water partition coefficient (Wildman–Crippen LogP) is 3.94. The number of benzene rings is 2. The number of rotatable bonds is 8. The summed E-state index contributed by atoms with van der Waals surface area (Å²) in [6, 6.07) is 15.6. The normalized spacial score (nSPS) is 11.8. The molecular weight excluding hydrogens is 302 g/mol. The van der Waals surface area contributed by atoms with Gasteiger partial charge >= 0.3 is 0 Å². The molecule has 4 heteroatoms. The van der Waals surface area contributed by atoms with E-state index in [1.165, 1.54) is 0 Å². The third-order valence-corrected chi connectivity index (χ3v) is 3.90. The molecule has 0 saturated carbocycles. The summed E-state index contributed by atoms with van der Waals surface area (Å²) in [6.07, 6.45) is 0.898. The first-order valence-electron chi connectivity index (χ1n) is 8.23. The lowest BCUT2D eigenvalue weighted by Crippen LogP contribution is -2.31. The highest BCUT2D eigenvalue weighted by Gasteiger charge is 2.12. The third kappa shape index (κ3) is 5.10. The van der Waals surface area contributed by atoms with Gasteiger partial charge in [-0.1, -0.05) is 37.3 Å². The van der Waals surface area contributed by atoms with Gasteiger partial charge in [0.1, 0.15) is 5.75 Å². The van der Waals surface area contributed by atoms with Crippen LogP contribution in [0.2, 0.25) is 0 Å². The van der Waals surface area contributed by atoms with Gasteiger partial charge in [-0.2, -0.15) is 0 Å². The van der Waals surface area contributed by atoms with Crippen molar-refractivity contribution in [3.63, 3.8) is 0 Å². The Kier molecular flexibility index (Phi) is 6.82. The summed E-state index contributed by atoms with van der Waals surface area (Å²) in [5.41, 5.74) is 2.60. The second kappa shape index (κ2) is 9.08. The van der Waals surface area contributed by atoms with E-state index in [1.807, 2.05) is 56.3 Å². The molecule has 128 valence electrons. The molecule has 24 heavy (non-hydrogen) atoms. The first-order chi connectivity index (χ1) is 11.6. The number of ether oxygens (including phenoxy) is 2. The van der Waals surface area contributed by atoms with Crippen LogP contribution in [0.25, 0.3) is 0 Å². The molecular formula is C20H25NO3. The maximum atomic E-state index is 12.3. The molecule has 0 radical (unpaired) electrons. The summed E-state index contributed by atoms with van der Waals surface area (Å²) in [7, 11) is 1.62. The number of nitrogens with one attached hydrogen (secondary N) is 1. The Hall–Kier alpha value is -2.33. The second-order valence-corrected chi connectivity index (χ2v) is 5.79. The molecule has 0 spiro atoms. The van der Waals surface area contributed by atoms with Crippen molar-refractivity contribution in [2.75, 3.05) is 7.11 Å². The minimum atomic E-state index is -0.0729. The Morgan fingerprint density at radius 2 is 1.88 bits per heavy atom. The minimum absolute atomic E-state index is 0.0729. The highest BCUT2D eigenvalue weighted by molar-refractivity contribution is 5.94. The lowest BCUT2D eigenvalue weighted by molar-refractivity contribution is 0.0937. The highest BCUT2D eigenvalue weighted by atomic mass is 16.5. The van der Waals surface area contributed by atoms with E-state index in [0.717, 1.165) is 23.3 Å². The number of methoxy groups -OCH3 is 1. The topological polar surface area (TPSA) is 47.6 Å². The molecule has 2 aromatic rings. The Labute approximate surface area is 143 Å². The fraction of sp³-hybridized carbons (Fsp3) is 0.350. The second-order valence-electron chi connectivity index (χ2n) is 5.79. The van der Waals surface area contributed by atoms with Crippen molar-refractivity contribution >= 4 is 5.91 Å². The van der Waals surface area contributed by atoms with E-state index in [9.17, 15) is 4.79 Å². The van der Waals surface area contributed by atoms with Crippen LogP contribution in [0.3, 0.4) is 0 Å². The Morgan fingerprint density at radius 3 is 2.54 bits per heavy atom. The van der Waals surface area contributed by atoms with Gasteiger partial charge in [0.2, 0.25) is 0 Å². The maximum Gasteiger partial charge on any atom is 0.251 e. The van der Waals surface area contributed by atoms with Crippen LogP contribution in [-0.2, 0) is 18.0 Å². The molecule has 0 heterocycles. The van der Waals surface area contributed by atoms with Crippen LogP contribution < -0.4 is 10.1 Å². The van der Waals surface area contributed by atoms with Crippen LogP contribution in [0, 0.1) is 0 Å². The molecule has 4 nitrogen and oxygen atoms in total. The molecule has 0 aliphatic rings. The van der Waals surface area contributed by atoms with Crippen LogP contribution in [0.15, 0.2) is 48.5 Å². The third-order valence-electron chi connectivity index (χ3n) is 3.90. The fourth-order valence-electron chi connectivity index (χ4n) is 2.29. The average Bonchev–Trinajstić information content (AvgIpc) is 2.62. The minimum Gasteiger partial charge on any atom is -0.496 e. The summed E-state index contributed by atoms with van der Waals surface area (Å²) in [6.45, 7) is 4.95. The first kappa shape index (κ1) is 18.0. The summed E-state index contributed by atoms with van der Waals surface area (Å²) >= 11 is 0. The van der Waals surface area contributed by atoms with Gasteiger partial charge in [0.25, 0.3) is 5.91 Å². The van der Waals surface area contributed by atoms with Crippen molar-refractivity contribution in [3.8, 4) is 5.75 Å². The SMILES string of the molecule is CC[C@H](C)NC(=O)c1ccc(OC)c(COCc2ccccc2)c1.